The molecule has 2 aliphatic rings. The molecule has 6 nitrogen and oxygen atoms in total. The van der Waals surface area contributed by atoms with Crippen LogP contribution in [0.3, 0.4) is 0 Å². The zero-order valence-corrected chi connectivity index (χ0v) is 16.2. The van der Waals surface area contributed by atoms with Gasteiger partial charge in [-0.1, -0.05) is 18.2 Å². The number of aliphatic carboxylic acids is 1. The molecule has 1 saturated carbocycles. The van der Waals surface area contributed by atoms with Gasteiger partial charge in [0.2, 0.25) is 0 Å². The molecule has 0 radical (unpaired) electrons. The molecule has 0 bridgehead atoms. The Hall–Kier alpha value is -3.33. The van der Waals surface area contributed by atoms with Crippen molar-refractivity contribution in [2.75, 3.05) is 0 Å². The van der Waals surface area contributed by atoms with Gasteiger partial charge >= 0.3 is 5.97 Å². The zero-order valence-electron chi connectivity index (χ0n) is 16.2. The maximum absolute atomic E-state index is 13.1. The molecule has 2 aromatic carbocycles. The van der Waals surface area contributed by atoms with Crippen LogP contribution in [0.1, 0.15) is 51.9 Å². The molecule has 1 atom stereocenters. The number of rotatable bonds is 5. The van der Waals surface area contributed by atoms with Crippen molar-refractivity contribution in [1.82, 2.24) is 5.32 Å². The molecule has 0 heterocycles. The predicted molar refractivity (Wildman–Crippen MR) is 106 cm³/mol. The summed E-state index contributed by atoms with van der Waals surface area (Å²) in [7, 11) is 0. The Morgan fingerprint density at radius 1 is 1.21 bits per heavy atom. The molecule has 1 amide bonds. The number of benzene rings is 2. The molecule has 2 aromatic rings. The summed E-state index contributed by atoms with van der Waals surface area (Å²) in [5, 5.41) is 21.8. The third-order valence-corrected chi connectivity index (χ3v) is 5.88. The van der Waals surface area contributed by atoms with E-state index < -0.39 is 17.4 Å². The topological polar surface area (TPSA) is 99.4 Å². The number of carbonyl (C=O) groups excluding carboxylic acids is 1. The fourth-order valence-corrected chi connectivity index (χ4v) is 3.97. The maximum Gasteiger partial charge on any atom is 0.330 e. The van der Waals surface area contributed by atoms with Crippen LogP contribution < -0.4 is 10.1 Å². The molecule has 1 unspecified atom stereocenters. The molecule has 0 aromatic heterocycles. The summed E-state index contributed by atoms with van der Waals surface area (Å²) in [6, 6.07) is 12.5. The highest BCUT2D eigenvalue weighted by atomic mass is 16.5. The second kappa shape index (κ2) is 7.25. The summed E-state index contributed by atoms with van der Waals surface area (Å²) >= 11 is 0. The Balaban J connectivity index is 1.62. The average Bonchev–Trinajstić information content (AvgIpc) is 3.03. The molecule has 29 heavy (non-hydrogen) atoms. The number of nitrogens with zero attached hydrogens (tertiary/aromatic N) is 1. The van der Waals surface area contributed by atoms with Crippen molar-refractivity contribution >= 4 is 11.9 Å². The molecule has 0 aliphatic heterocycles. The van der Waals surface area contributed by atoms with E-state index in [2.05, 4.69) is 11.4 Å². The first-order chi connectivity index (χ1) is 13.9. The lowest BCUT2D eigenvalue weighted by molar-refractivity contribution is -0.144. The number of nitrogens with one attached hydrogen (secondary N) is 1. The molecule has 148 valence electrons. The second-order valence-corrected chi connectivity index (χ2v) is 7.91. The van der Waals surface area contributed by atoms with Gasteiger partial charge in [0.15, 0.2) is 0 Å². The normalized spacial score (nSPS) is 20.3. The number of carboxylic acids is 1. The number of amides is 1. The van der Waals surface area contributed by atoms with Gasteiger partial charge in [-0.15, -0.1) is 0 Å². The third kappa shape index (κ3) is 3.44. The fraction of sp³-hybridized carbons (Fsp3) is 0.348. The summed E-state index contributed by atoms with van der Waals surface area (Å²) in [6.07, 6.45) is 3.47. The van der Waals surface area contributed by atoms with E-state index >= 15 is 0 Å². The van der Waals surface area contributed by atoms with Crippen LogP contribution in [-0.2, 0) is 17.6 Å². The van der Waals surface area contributed by atoms with Crippen LogP contribution in [0.25, 0.3) is 0 Å². The van der Waals surface area contributed by atoms with Crippen molar-refractivity contribution < 1.29 is 19.4 Å². The summed E-state index contributed by atoms with van der Waals surface area (Å²) < 4.78 is 6.04. The first-order valence-corrected chi connectivity index (χ1v) is 9.76. The minimum absolute atomic E-state index is 0.108. The number of carbonyl (C=O) groups is 2. The van der Waals surface area contributed by atoms with E-state index in [-0.39, 0.29) is 18.9 Å². The van der Waals surface area contributed by atoms with Crippen molar-refractivity contribution in [3.63, 3.8) is 0 Å². The number of hydrogen-bond donors (Lipinski definition) is 2. The summed E-state index contributed by atoms with van der Waals surface area (Å²) in [5.74, 6) is -1.02. The van der Waals surface area contributed by atoms with Crippen LogP contribution in [0.2, 0.25) is 0 Å². The monoisotopic (exact) mass is 390 g/mol. The highest BCUT2D eigenvalue weighted by Crippen LogP contribution is 2.34. The Morgan fingerprint density at radius 2 is 1.97 bits per heavy atom. The largest absolute Gasteiger partial charge is 0.489 e. The van der Waals surface area contributed by atoms with E-state index in [1.54, 1.807) is 30.3 Å². The Bertz CT molecular complexity index is 1040. The number of hydrogen-bond acceptors (Lipinski definition) is 4. The van der Waals surface area contributed by atoms with E-state index in [0.29, 0.717) is 16.9 Å². The Kier molecular flexibility index (Phi) is 4.75. The standard InChI is InChI=1S/C23H22N2O4/c1-14-4-2-7-19(20(14)29-18-5-3-6-18)21(26)25-23(22(27)28)11-16-9-8-15(13-24)10-17(16)12-23/h2,4,7-10,18H,3,5-6,11-12H2,1H3,(H,25,26)(H,27,28). The number of carboxylic acid groups (broad SMARTS) is 1. The number of fused-ring (bicyclic) bond motifs is 1. The average molecular weight is 390 g/mol. The van der Waals surface area contributed by atoms with Crippen molar-refractivity contribution in [3.05, 3.63) is 64.2 Å². The zero-order chi connectivity index (χ0) is 20.6. The smallest absolute Gasteiger partial charge is 0.330 e. The lowest BCUT2D eigenvalue weighted by Gasteiger charge is -2.29. The van der Waals surface area contributed by atoms with Gasteiger partial charge in [-0.2, -0.15) is 5.26 Å². The second-order valence-electron chi connectivity index (χ2n) is 7.91. The van der Waals surface area contributed by atoms with Crippen LogP contribution in [0.15, 0.2) is 36.4 Å². The fourth-order valence-electron chi connectivity index (χ4n) is 3.97. The quantitative estimate of drug-likeness (QED) is 0.817. The van der Waals surface area contributed by atoms with E-state index in [1.807, 2.05) is 13.0 Å². The molecular weight excluding hydrogens is 368 g/mol. The Morgan fingerprint density at radius 3 is 2.62 bits per heavy atom. The van der Waals surface area contributed by atoms with Gasteiger partial charge < -0.3 is 15.2 Å². The van der Waals surface area contributed by atoms with Crippen LogP contribution in [0.4, 0.5) is 0 Å². The highest BCUT2D eigenvalue weighted by molar-refractivity contribution is 6.00. The Labute approximate surface area is 169 Å². The molecular formula is C23H22N2O4. The van der Waals surface area contributed by atoms with Crippen LogP contribution >= 0.6 is 0 Å². The number of ether oxygens (including phenoxy) is 1. The lowest BCUT2D eigenvalue weighted by atomic mass is 9.94. The van der Waals surface area contributed by atoms with Crippen molar-refractivity contribution in [1.29, 1.82) is 5.26 Å². The number of nitriles is 1. The van der Waals surface area contributed by atoms with E-state index in [4.69, 9.17) is 10.00 Å². The van der Waals surface area contributed by atoms with Gasteiger partial charge in [0.1, 0.15) is 11.3 Å². The number of para-hydroxylation sites is 1. The van der Waals surface area contributed by atoms with Gasteiger partial charge in [0.05, 0.1) is 23.3 Å². The van der Waals surface area contributed by atoms with Gasteiger partial charge in [-0.25, -0.2) is 4.79 Å². The third-order valence-electron chi connectivity index (χ3n) is 5.88. The van der Waals surface area contributed by atoms with Gasteiger partial charge in [0, 0.05) is 12.8 Å². The summed E-state index contributed by atoms with van der Waals surface area (Å²) in [4.78, 5) is 25.3. The molecule has 2 N–H and O–H groups in total. The number of aryl methyl sites for hydroxylation is 1. The minimum atomic E-state index is -1.44. The highest BCUT2D eigenvalue weighted by Gasteiger charge is 2.46. The van der Waals surface area contributed by atoms with Crippen LogP contribution in [-0.4, -0.2) is 28.6 Å². The van der Waals surface area contributed by atoms with Crippen molar-refractivity contribution in [2.24, 2.45) is 0 Å². The van der Waals surface area contributed by atoms with Crippen molar-refractivity contribution in [3.8, 4) is 11.8 Å². The van der Waals surface area contributed by atoms with E-state index in [1.165, 1.54) is 0 Å². The minimum Gasteiger partial charge on any atom is -0.489 e. The maximum atomic E-state index is 13.1. The lowest BCUT2D eigenvalue weighted by Crippen LogP contribution is -2.55. The first-order valence-electron chi connectivity index (χ1n) is 9.76. The summed E-state index contributed by atoms with van der Waals surface area (Å²) in [5.41, 5.74) is 1.86. The summed E-state index contributed by atoms with van der Waals surface area (Å²) in [6.45, 7) is 1.88. The molecule has 0 spiro atoms. The van der Waals surface area contributed by atoms with E-state index in [9.17, 15) is 14.7 Å². The molecule has 1 fully saturated rings. The SMILES string of the molecule is Cc1cccc(C(=O)NC2(C(=O)O)Cc3ccc(C#N)cc3C2)c1OC1CCC1. The predicted octanol–water partition coefficient (Wildman–Crippen LogP) is 3.15. The molecule has 6 heteroatoms. The van der Waals surface area contributed by atoms with Gasteiger partial charge in [0.25, 0.3) is 5.91 Å². The first kappa shape index (κ1) is 19.0. The molecule has 2 aliphatic carbocycles. The molecule has 4 rings (SSSR count). The van der Waals surface area contributed by atoms with Gasteiger partial charge in [-0.05, 0) is 61.1 Å². The van der Waals surface area contributed by atoms with Gasteiger partial charge in [-0.3, -0.25) is 4.79 Å². The van der Waals surface area contributed by atoms with E-state index in [0.717, 1.165) is 36.0 Å². The molecule has 0 saturated heterocycles. The van der Waals surface area contributed by atoms with Crippen LogP contribution in [0.5, 0.6) is 5.75 Å². The van der Waals surface area contributed by atoms with Crippen LogP contribution in [0, 0.1) is 18.3 Å². The van der Waals surface area contributed by atoms with Crippen molar-refractivity contribution in [2.45, 2.75) is 50.7 Å².